The fraction of sp³-hybridized carbons (Fsp3) is 0.833. The van der Waals surface area contributed by atoms with Crippen LogP contribution < -0.4 is 0 Å². The van der Waals surface area contributed by atoms with E-state index >= 15 is 0 Å². The third-order valence-electron chi connectivity index (χ3n) is 2.49. The molecule has 0 saturated heterocycles. The second kappa shape index (κ2) is 12.8. The minimum atomic E-state index is -2.78. The number of rotatable bonds is 11. The van der Waals surface area contributed by atoms with Crippen LogP contribution in [0.2, 0.25) is 0 Å². The highest BCUT2D eigenvalue weighted by Crippen LogP contribution is 2.15. The first-order chi connectivity index (χ1) is 7.77. The van der Waals surface area contributed by atoms with E-state index < -0.39 is 8.25 Å². The molecule has 0 aliphatic carbocycles. The molecule has 0 radical (unpaired) electrons. The monoisotopic (exact) mass is 248 g/mol. The Hall–Kier alpha value is -0.270. The van der Waals surface area contributed by atoms with Crippen LogP contribution in [-0.2, 0) is 9.09 Å². The van der Waals surface area contributed by atoms with Crippen molar-refractivity contribution in [2.24, 2.45) is 0 Å². The van der Waals surface area contributed by atoms with Crippen molar-refractivity contribution < 1.29 is 14.0 Å². The van der Waals surface area contributed by atoms with Gasteiger partial charge in [0, 0.05) is 0 Å². The average molecular weight is 248 g/mol. The topological polar surface area (TPSA) is 46.5 Å². The second-order valence-electron chi connectivity index (χ2n) is 4.02. The Bertz CT molecular complexity index is 193. The van der Waals surface area contributed by atoms with E-state index in [4.69, 9.17) is 4.89 Å². The van der Waals surface area contributed by atoms with Gasteiger partial charge in [-0.1, -0.05) is 51.9 Å². The Balaban J connectivity index is 3.03. The Labute approximate surface area is 99.8 Å². The molecule has 0 bridgehead atoms. The first-order valence-electron chi connectivity index (χ1n) is 6.32. The fourth-order valence-electron chi connectivity index (χ4n) is 1.57. The molecular weight excluding hydrogens is 223 g/mol. The number of hydrogen-bond acceptors (Lipinski definition) is 2. The van der Waals surface area contributed by atoms with E-state index in [0.717, 1.165) is 12.8 Å². The molecular formula is C12H25O3P. The van der Waals surface area contributed by atoms with Crippen molar-refractivity contribution in [3.63, 3.8) is 0 Å². The van der Waals surface area contributed by atoms with E-state index in [0.29, 0.717) is 0 Å². The molecule has 96 valence electrons. The number of unbranched alkanes of at least 4 members (excludes halogenated alkanes) is 8. The molecule has 0 aliphatic heterocycles. The van der Waals surface area contributed by atoms with Gasteiger partial charge in [-0.05, 0) is 18.9 Å². The van der Waals surface area contributed by atoms with E-state index in [1.807, 2.05) is 6.08 Å². The summed E-state index contributed by atoms with van der Waals surface area (Å²) in [7, 11) is -2.78. The summed E-state index contributed by atoms with van der Waals surface area (Å²) in [5.74, 6) is 0. The van der Waals surface area contributed by atoms with Gasteiger partial charge in [0.25, 0.3) is 0 Å². The first-order valence-corrected chi connectivity index (χ1v) is 7.58. The molecule has 0 amide bonds. The highest BCUT2D eigenvalue weighted by molar-refractivity contribution is 7.32. The van der Waals surface area contributed by atoms with Gasteiger partial charge < -0.3 is 9.42 Å². The summed E-state index contributed by atoms with van der Waals surface area (Å²) in [4.78, 5) is 8.37. The minimum Gasteiger partial charge on any atom is -0.435 e. The van der Waals surface area contributed by atoms with Crippen LogP contribution in [0.1, 0.15) is 64.7 Å². The van der Waals surface area contributed by atoms with Crippen LogP contribution >= 0.6 is 8.25 Å². The van der Waals surface area contributed by atoms with Gasteiger partial charge >= 0.3 is 8.25 Å². The molecule has 3 nitrogen and oxygen atoms in total. The molecule has 16 heavy (non-hydrogen) atoms. The van der Waals surface area contributed by atoms with E-state index in [9.17, 15) is 4.57 Å². The largest absolute Gasteiger partial charge is 0.435 e. The summed E-state index contributed by atoms with van der Waals surface area (Å²) >= 11 is 0. The van der Waals surface area contributed by atoms with Crippen LogP contribution in [0.25, 0.3) is 0 Å². The van der Waals surface area contributed by atoms with Gasteiger partial charge in [-0.15, -0.1) is 0 Å². The van der Waals surface area contributed by atoms with Crippen LogP contribution in [0.5, 0.6) is 0 Å². The highest BCUT2D eigenvalue weighted by atomic mass is 31.1. The molecule has 0 fully saturated rings. The van der Waals surface area contributed by atoms with Gasteiger partial charge in [-0.2, -0.15) is 0 Å². The molecule has 1 atom stereocenters. The molecule has 0 spiro atoms. The third kappa shape index (κ3) is 13.7. The summed E-state index contributed by atoms with van der Waals surface area (Å²) in [5, 5.41) is 0. The maximum Gasteiger partial charge on any atom is 0.364 e. The minimum absolute atomic E-state index is 0.935. The summed E-state index contributed by atoms with van der Waals surface area (Å²) in [5.41, 5.74) is 0. The molecule has 0 aromatic heterocycles. The van der Waals surface area contributed by atoms with Gasteiger partial charge in [0.05, 0.1) is 6.26 Å². The third-order valence-corrected chi connectivity index (χ3v) is 2.83. The Morgan fingerprint density at radius 1 is 1.06 bits per heavy atom. The maximum absolute atomic E-state index is 10.2. The Morgan fingerprint density at radius 2 is 1.62 bits per heavy atom. The van der Waals surface area contributed by atoms with Gasteiger partial charge in [-0.3, -0.25) is 0 Å². The smallest absolute Gasteiger partial charge is 0.364 e. The van der Waals surface area contributed by atoms with Crippen molar-refractivity contribution in [3.05, 3.63) is 12.3 Å². The lowest BCUT2D eigenvalue weighted by Gasteiger charge is -1.99. The predicted molar refractivity (Wildman–Crippen MR) is 68.7 cm³/mol. The lowest BCUT2D eigenvalue weighted by Crippen LogP contribution is -1.79. The van der Waals surface area contributed by atoms with E-state index in [2.05, 4.69) is 11.4 Å². The van der Waals surface area contributed by atoms with E-state index in [1.165, 1.54) is 51.2 Å². The molecule has 1 N–H and O–H groups in total. The second-order valence-corrected chi connectivity index (χ2v) is 4.79. The van der Waals surface area contributed by atoms with Crippen LogP contribution in [0.4, 0.5) is 0 Å². The quantitative estimate of drug-likeness (QED) is 0.334. The molecule has 0 saturated carbocycles. The summed E-state index contributed by atoms with van der Waals surface area (Å²) in [6.07, 6.45) is 14.5. The van der Waals surface area contributed by atoms with Gasteiger partial charge in [-0.25, -0.2) is 4.57 Å². The van der Waals surface area contributed by atoms with Crippen molar-refractivity contribution in [3.8, 4) is 0 Å². The van der Waals surface area contributed by atoms with Gasteiger partial charge in [0.1, 0.15) is 0 Å². The zero-order valence-corrected chi connectivity index (χ0v) is 11.3. The van der Waals surface area contributed by atoms with Gasteiger partial charge in [0.15, 0.2) is 0 Å². The maximum atomic E-state index is 10.2. The standard InChI is InChI=1S/C12H25O3P/c1-2-3-4-5-6-7-8-9-10-11-12-15-16(13)14/h11-12,16H,2-10H2,1H3,(H,13,14). The zero-order chi connectivity index (χ0) is 12.1. The van der Waals surface area contributed by atoms with Crippen molar-refractivity contribution in [1.82, 2.24) is 0 Å². The molecule has 4 heteroatoms. The lowest BCUT2D eigenvalue weighted by atomic mass is 10.1. The van der Waals surface area contributed by atoms with E-state index in [-0.39, 0.29) is 0 Å². The predicted octanol–water partition coefficient (Wildman–Crippen LogP) is 4.43. The van der Waals surface area contributed by atoms with E-state index in [1.54, 1.807) is 0 Å². The summed E-state index contributed by atoms with van der Waals surface area (Å²) in [6.45, 7) is 2.23. The number of hydrogen-bond donors (Lipinski definition) is 1. The van der Waals surface area contributed by atoms with Crippen LogP contribution in [0, 0.1) is 0 Å². The van der Waals surface area contributed by atoms with Crippen molar-refractivity contribution >= 4 is 8.25 Å². The van der Waals surface area contributed by atoms with Crippen LogP contribution in [0.15, 0.2) is 12.3 Å². The van der Waals surface area contributed by atoms with Crippen molar-refractivity contribution in [2.45, 2.75) is 64.7 Å². The van der Waals surface area contributed by atoms with Gasteiger partial charge in [0.2, 0.25) is 0 Å². The van der Waals surface area contributed by atoms with Crippen molar-refractivity contribution in [2.75, 3.05) is 0 Å². The van der Waals surface area contributed by atoms with Crippen LogP contribution in [-0.4, -0.2) is 4.89 Å². The van der Waals surface area contributed by atoms with Crippen LogP contribution in [0.3, 0.4) is 0 Å². The molecule has 1 unspecified atom stereocenters. The SMILES string of the molecule is CCCCCCCCCCC=CO[PH](=O)O. The molecule has 0 aromatic carbocycles. The molecule has 0 rings (SSSR count). The summed E-state index contributed by atoms with van der Waals surface area (Å²) < 4.78 is 14.6. The highest BCUT2D eigenvalue weighted by Gasteiger charge is 1.90. The Morgan fingerprint density at radius 3 is 2.19 bits per heavy atom. The molecule has 0 aliphatic rings. The normalized spacial score (nSPS) is 13.1. The number of allylic oxidation sites excluding steroid dienone is 1. The summed E-state index contributed by atoms with van der Waals surface area (Å²) in [6, 6.07) is 0. The zero-order valence-electron chi connectivity index (χ0n) is 10.3. The first kappa shape index (κ1) is 15.7. The lowest BCUT2D eigenvalue weighted by molar-refractivity contribution is 0.377. The molecule has 0 heterocycles. The fourth-order valence-corrected chi connectivity index (χ4v) is 1.78. The molecule has 0 aromatic rings. The Kier molecular flexibility index (Phi) is 12.6. The average Bonchev–Trinajstić information content (AvgIpc) is 2.25. The van der Waals surface area contributed by atoms with Crippen molar-refractivity contribution in [1.29, 1.82) is 0 Å².